The number of rotatable bonds is 8. The largest absolute Gasteiger partial charge is 0.490 e. The van der Waals surface area contributed by atoms with Crippen LogP contribution in [0.5, 0.6) is 5.75 Å². The molecule has 0 saturated heterocycles. The maximum absolute atomic E-state index is 13.6. The van der Waals surface area contributed by atoms with Gasteiger partial charge in [-0.1, -0.05) is 6.07 Å². The molecule has 1 aromatic carbocycles. The minimum Gasteiger partial charge on any atom is -0.490 e. The topological polar surface area (TPSA) is 27.7 Å². The lowest BCUT2D eigenvalue weighted by atomic mass is 9.82. The van der Waals surface area contributed by atoms with Crippen molar-refractivity contribution in [3.63, 3.8) is 0 Å². The number of ether oxygens (including phenoxy) is 3. The van der Waals surface area contributed by atoms with Crippen molar-refractivity contribution in [3.05, 3.63) is 29.8 Å². The first-order valence-corrected chi connectivity index (χ1v) is 8.45. The fourth-order valence-corrected chi connectivity index (χ4v) is 3.08. The molecule has 0 amide bonds. The van der Waals surface area contributed by atoms with Crippen LogP contribution in [0.3, 0.4) is 0 Å². The van der Waals surface area contributed by atoms with E-state index in [2.05, 4.69) is 0 Å². The lowest BCUT2D eigenvalue weighted by Crippen LogP contribution is -2.32. The van der Waals surface area contributed by atoms with Gasteiger partial charge >= 0.3 is 0 Å². The van der Waals surface area contributed by atoms with Gasteiger partial charge in [0.15, 0.2) is 17.9 Å². The minimum absolute atomic E-state index is 0.00590. The standard InChI is InChI=1S/C18H26F2O3/c1-3-21-18(22-4-2)14-10-8-13(9-11-14)12-23-16-7-5-6-15(19)17(16)20/h5-7,13-14,18H,3-4,8-12H2,1-2H3. The van der Waals surface area contributed by atoms with Crippen LogP contribution >= 0.6 is 0 Å². The van der Waals surface area contributed by atoms with Gasteiger partial charge in [0.1, 0.15) is 0 Å². The Morgan fingerprint density at radius 2 is 1.70 bits per heavy atom. The molecule has 0 heterocycles. The smallest absolute Gasteiger partial charge is 0.200 e. The number of halogens is 2. The van der Waals surface area contributed by atoms with Crippen LogP contribution in [0, 0.1) is 23.5 Å². The first-order chi connectivity index (χ1) is 11.2. The van der Waals surface area contributed by atoms with Gasteiger partial charge in [0.2, 0.25) is 5.82 Å². The molecule has 0 bridgehead atoms. The van der Waals surface area contributed by atoms with Gasteiger partial charge in [-0.15, -0.1) is 0 Å². The highest BCUT2D eigenvalue weighted by molar-refractivity contribution is 5.25. The highest BCUT2D eigenvalue weighted by Crippen LogP contribution is 2.33. The zero-order valence-corrected chi connectivity index (χ0v) is 13.9. The Kier molecular flexibility index (Phi) is 7.24. The maximum atomic E-state index is 13.6. The van der Waals surface area contributed by atoms with Crippen molar-refractivity contribution in [1.82, 2.24) is 0 Å². The van der Waals surface area contributed by atoms with Gasteiger partial charge in [0, 0.05) is 19.1 Å². The molecule has 0 atom stereocenters. The molecule has 0 unspecified atom stereocenters. The first-order valence-electron chi connectivity index (χ1n) is 8.45. The van der Waals surface area contributed by atoms with Gasteiger partial charge in [-0.2, -0.15) is 4.39 Å². The maximum Gasteiger partial charge on any atom is 0.200 e. The van der Waals surface area contributed by atoms with E-state index in [1.807, 2.05) is 13.8 Å². The van der Waals surface area contributed by atoms with Crippen LogP contribution in [0.1, 0.15) is 39.5 Å². The normalized spacial score (nSPS) is 21.6. The summed E-state index contributed by atoms with van der Waals surface area (Å²) in [7, 11) is 0. The summed E-state index contributed by atoms with van der Waals surface area (Å²) in [5.74, 6) is -1.03. The Labute approximate surface area is 136 Å². The zero-order valence-electron chi connectivity index (χ0n) is 13.9. The average Bonchev–Trinajstić information content (AvgIpc) is 2.56. The fraction of sp³-hybridized carbons (Fsp3) is 0.667. The summed E-state index contributed by atoms with van der Waals surface area (Å²) in [6.07, 6.45) is 3.85. The highest BCUT2D eigenvalue weighted by Gasteiger charge is 2.29. The molecule has 1 aromatic rings. The number of benzene rings is 1. The van der Waals surface area contributed by atoms with Crippen molar-refractivity contribution in [3.8, 4) is 5.75 Å². The van der Waals surface area contributed by atoms with Gasteiger partial charge in [-0.3, -0.25) is 0 Å². The Hall–Kier alpha value is -1.20. The number of hydrogen-bond donors (Lipinski definition) is 0. The van der Waals surface area contributed by atoms with Crippen molar-refractivity contribution in [2.45, 2.75) is 45.8 Å². The summed E-state index contributed by atoms with van der Waals surface area (Å²) >= 11 is 0. The molecule has 0 N–H and O–H groups in total. The highest BCUT2D eigenvalue weighted by atomic mass is 19.2. The van der Waals surface area contributed by atoms with Crippen molar-refractivity contribution in [2.75, 3.05) is 19.8 Å². The van der Waals surface area contributed by atoms with Gasteiger partial charge in [-0.25, -0.2) is 4.39 Å². The molecular formula is C18H26F2O3. The summed E-state index contributed by atoms with van der Waals surface area (Å²) in [5.41, 5.74) is 0. The second-order valence-corrected chi connectivity index (χ2v) is 5.92. The molecule has 0 aliphatic heterocycles. The van der Waals surface area contributed by atoms with E-state index in [0.29, 0.717) is 31.7 Å². The molecule has 130 valence electrons. The Balaban J connectivity index is 1.79. The van der Waals surface area contributed by atoms with E-state index >= 15 is 0 Å². The lowest BCUT2D eigenvalue weighted by molar-refractivity contribution is -0.174. The minimum atomic E-state index is -0.908. The molecule has 3 nitrogen and oxygen atoms in total. The van der Waals surface area contributed by atoms with Crippen molar-refractivity contribution >= 4 is 0 Å². The predicted octanol–water partition coefficient (Wildman–Crippen LogP) is 4.55. The van der Waals surface area contributed by atoms with E-state index in [1.165, 1.54) is 12.1 Å². The summed E-state index contributed by atoms with van der Waals surface area (Å²) in [5, 5.41) is 0. The van der Waals surface area contributed by atoms with Gasteiger partial charge in [0.25, 0.3) is 0 Å². The SMILES string of the molecule is CCOC(OCC)C1CCC(COc2cccc(F)c2F)CC1. The summed E-state index contributed by atoms with van der Waals surface area (Å²) in [4.78, 5) is 0. The molecule has 2 rings (SSSR count). The van der Waals surface area contributed by atoms with Crippen LogP contribution in [0.2, 0.25) is 0 Å². The molecular weight excluding hydrogens is 302 g/mol. The fourth-order valence-electron chi connectivity index (χ4n) is 3.08. The van der Waals surface area contributed by atoms with Crippen LogP contribution in [0.15, 0.2) is 18.2 Å². The monoisotopic (exact) mass is 328 g/mol. The number of hydrogen-bond acceptors (Lipinski definition) is 3. The van der Waals surface area contributed by atoms with Crippen molar-refractivity contribution in [1.29, 1.82) is 0 Å². The van der Waals surface area contributed by atoms with E-state index in [4.69, 9.17) is 14.2 Å². The van der Waals surface area contributed by atoms with Crippen LogP contribution < -0.4 is 4.74 Å². The molecule has 1 aliphatic carbocycles. The van der Waals surface area contributed by atoms with Gasteiger partial charge in [0.05, 0.1) is 6.61 Å². The predicted molar refractivity (Wildman–Crippen MR) is 84.3 cm³/mol. The van der Waals surface area contributed by atoms with Crippen LogP contribution in [-0.4, -0.2) is 26.1 Å². The van der Waals surface area contributed by atoms with E-state index < -0.39 is 11.6 Å². The molecule has 1 saturated carbocycles. The van der Waals surface area contributed by atoms with E-state index in [1.54, 1.807) is 0 Å². The van der Waals surface area contributed by atoms with Gasteiger partial charge < -0.3 is 14.2 Å². The quantitative estimate of drug-likeness (QED) is 0.655. The van der Waals surface area contributed by atoms with Crippen LogP contribution in [-0.2, 0) is 9.47 Å². The Morgan fingerprint density at radius 3 is 2.30 bits per heavy atom. The third kappa shape index (κ3) is 5.15. The second-order valence-electron chi connectivity index (χ2n) is 5.92. The van der Waals surface area contributed by atoms with Gasteiger partial charge in [-0.05, 0) is 57.6 Å². The van der Waals surface area contributed by atoms with Crippen LogP contribution in [0.25, 0.3) is 0 Å². The molecule has 23 heavy (non-hydrogen) atoms. The average molecular weight is 328 g/mol. The van der Waals surface area contributed by atoms with Crippen molar-refractivity contribution < 1.29 is 23.0 Å². The van der Waals surface area contributed by atoms with E-state index in [9.17, 15) is 8.78 Å². The Morgan fingerprint density at radius 1 is 1.04 bits per heavy atom. The molecule has 1 fully saturated rings. The molecule has 0 spiro atoms. The zero-order chi connectivity index (χ0) is 16.7. The van der Waals surface area contributed by atoms with E-state index in [-0.39, 0.29) is 12.0 Å². The summed E-state index contributed by atoms with van der Waals surface area (Å²) in [6, 6.07) is 4.01. The molecule has 0 radical (unpaired) electrons. The van der Waals surface area contributed by atoms with Crippen molar-refractivity contribution in [2.24, 2.45) is 11.8 Å². The third-order valence-corrected chi connectivity index (χ3v) is 4.33. The second kappa shape index (κ2) is 9.18. The first kappa shape index (κ1) is 18.1. The molecule has 5 heteroatoms. The third-order valence-electron chi connectivity index (χ3n) is 4.33. The Bertz CT molecular complexity index is 467. The molecule has 0 aromatic heterocycles. The van der Waals surface area contributed by atoms with E-state index in [0.717, 1.165) is 31.7 Å². The molecule has 1 aliphatic rings. The summed E-state index contributed by atoms with van der Waals surface area (Å²) < 4.78 is 43.5. The van der Waals surface area contributed by atoms with Crippen LogP contribution in [0.4, 0.5) is 8.78 Å². The summed E-state index contributed by atoms with van der Waals surface area (Å²) in [6.45, 7) is 5.65. The lowest BCUT2D eigenvalue weighted by Gasteiger charge is -2.33.